The lowest BCUT2D eigenvalue weighted by Crippen LogP contribution is -2.28. The van der Waals surface area contributed by atoms with Gasteiger partial charge in [-0.2, -0.15) is 0 Å². The van der Waals surface area contributed by atoms with Crippen molar-refractivity contribution < 1.29 is 4.74 Å². The minimum absolute atomic E-state index is 0.467. The van der Waals surface area contributed by atoms with E-state index in [0.29, 0.717) is 11.8 Å². The molecule has 0 spiro atoms. The maximum absolute atomic E-state index is 5.93. The predicted molar refractivity (Wildman–Crippen MR) is 64.2 cm³/mol. The van der Waals surface area contributed by atoms with Gasteiger partial charge in [-0.25, -0.2) is 4.99 Å². The van der Waals surface area contributed by atoms with Crippen LogP contribution in [0.2, 0.25) is 5.02 Å². The Labute approximate surface area is 98.3 Å². The van der Waals surface area contributed by atoms with Crippen molar-refractivity contribution in [2.24, 2.45) is 4.99 Å². The molecule has 16 heavy (non-hydrogen) atoms. The predicted octanol–water partition coefficient (Wildman–Crippen LogP) is 3.11. The summed E-state index contributed by atoms with van der Waals surface area (Å²) in [7, 11) is 0. The Morgan fingerprint density at radius 1 is 1.31 bits per heavy atom. The summed E-state index contributed by atoms with van der Waals surface area (Å²) in [6.07, 6.45) is 7.78. The van der Waals surface area contributed by atoms with Crippen molar-refractivity contribution in [3.8, 4) is 5.75 Å². The van der Waals surface area contributed by atoms with Gasteiger partial charge in [0.05, 0.1) is 0 Å². The quantitative estimate of drug-likeness (QED) is 0.687. The van der Waals surface area contributed by atoms with Crippen molar-refractivity contribution in [2.45, 2.75) is 0 Å². The van der Waals surface area contributed by atoms with Crippen LogP contribution in [0.4, 0.5) is 5.69 Å². The SMILES string of the molecule is Clc1ccc2c(c1)N=C1C=CC=CN1CO2. The molecule has 2 aliphatic heterocycles. The highest BCUT2D eigenvalue weighted by Crippen LogP contribution is 2.33. The Balaban J connectivity index is 2.10. The van der Waals surface area contributed by atoms with E-state index in [2.05, 4.69) is 4.99 Å². The Hall–Kier alpha value is -1.74. The molecule has 3 rings (SSSR count). The van der Waals surface area contributed by atoms with Gasteiger partial charge in [0, 0.05) is 11.2 Å². The van der Waals surface area contributed by atoms with Crippen LogP contribution >= 0.6 is 11.6 Å². The van der Waals surface area contributed by atoms with Gasteiger partial charge in [-0.1, -0.05) is 17.7 Å². The number of fused-ring (bicyclic) bond motifs is 2. The monoisotopic (exact) mass is 232 g/mol. The minimum atomic E-state index is 0.467. The third-order valence-corrected chi connectivity index (χ3v) is 2.67. The second-order valence-corrected chi connectivity index (χ2v) is 3.96. The van der Waals surface area contributed by atoms with Gasteiger partial charge in [-0.3, -0.25) is 4.90 Å². The van der Waals surface area contributed by atoms with E-state index in [9.17, 15) is 0 Å². The Morgan fingerprint density at radius 2 is 2.25 bits per heavy atom. The van der Waals surface area contributed by atoms with Crippen LogP contribution in [0.3, 0.4) is 0 Å². The molecule has 1 aromatic rings. The van der Waals surface area contributed by atoms with Gasteiger partial charge in [-0.05, 0) is 30.4 Å². The molecule has 0 aliphatic carbocycles. The number of hydrogen-bond donors (Lipinski definition) is 0. The topological polar surface area (TPSA) is 24.8 Å². The highest BCUT2D eigenvalue weighted by Gasteiger charge is 2.15. The second-order valence-electron chi connectivity index (χ2n) is 3.53. The summed E-state index contributed by atoms with van der Waals surface area (Å²) in [5.74, 6) is 1.62. The zero-order valence-electron chi connectivity index (χ0n) is 8.43. The van der Waals surface area contributed by atoms with E-state index in [0.717, 1.165) is 17.3 Å². The first kappa shape index (κ1) is 9.48. The molecule has 80 valence electrons. The van der Waals surface area contributed by atoms with E-state index in [4.69, 9.17) is 16.3 Å². The number of allylic oxidation sites excluding steroid dienone is 2. The molecular weight excluding hydrogens is 224 g/mol. The molecule has 0 radical (unpaired) electrons. The third-order valence-electron chi connectivity index (χ3n) is 2.43. The summed E-state index contributed by atoms with van der Waals surface area (Å²) in [5, 5.41) is 0.662. The Morgan fingerprint density at radius 3 is 3.19 bits per heavy atom. The van der Waals surface area contributed by atoms with Crippen molar-refractivity contribution in [3.63, 3.8) is 0 Å². The van der Waals surface area contributed by atoms with Crippen molar-refractivity contribution >= 4 is 23.1 Å². The first-order chi connectivity index (χ1) is 7.83. The third kappa shape index (κ3) is 1.59. The standard InChI is InChI=1S/C12H9ClN2O/c13-9-4-5-11-10(7-9)14-12-3-1-2-6-15(12)8-16-11/h1-7H,8H2. The number of rotatable bonds is 0. The zero-order valence-corrected chi connectivity index (χ0v) is 9.19. The first-order valence-corrected chi connectivity index (χ1v) is 5.33. The molecule has 0 saturated carbocycles. The summed E-state index contributed by atoms with van der Waals surface area (Å²) >= 11 is 5.93. The van der Waals surface area contributed by atoms with Gasteiger partial charge in [0.25, 0.3) is 0 Å². The maximum atomic E-state index is 5.93. The van der Waals surface area contributed by atoms with Crippen molar-refractivity contribution in [2.75, 3.05) is 6.73 Å². The molecule has 0 amide bonds. The molecule has 0 bridgehead atoms. The highest BCUT2D eigenvalue weighted by atomic mass is 35.5. The molecule has 0 atom stereocenters. The molecule has 0 unspecified atom stereocenters. The normalized spacial score (nSPS) is 17.1. The Bertz CT molecular complexity index is 520. The van der Waals surface area contributed by atoms with Gasteiger partial charge in [0.1, 0.15) is 17.3 Å². The van der Waals surface area contributed by atoms with Crippen LogP contribution in [0.5, 0.6) is 5.75 Å². The number of amidine groups is 1. The summed E-state index contributed by atoms with van der Waals surface area (Å²) in [6, 6.07) is 5.45. The van der Waals surface area contributed by atoms with Gasteiger partial charge in [-0.15, -0.1) is 0 Å². The van der Waals surface area contributed by atoms with Crippen LogP contribution in [-0.2, 0) is 0 Å². The number of hydrogen-bond acceptors (Lipinski definition) is 3. The zero-order chi connectivity index (χ0) is 11.0. The maximum Gasteiger partial charge on any atom is 0.166 e. The van der Waals surface area contributed by atoms with Crippen molar-refractivity contribution in [3.05, 3.63) is 47.6 Å². The van der Waals surface area contributed by atoms with Crippen molar-refractivity contribution in [1.29, 1.82) is 0 Å². The first-order valence-electron chi connectivity index (χ1n) is 4.95. The van der Waals surface area contributed by atoms with Gasteiger partial charge >= 0.3 is 0 Å². The lowest BCUT2D eigenvalue weighted by molar-refractivity contribution is 0.234. The highest BCUT2D eigenvalue weighted by molar-refractivity contribution is 6.30. The summed E-state index contributed by atoms with van der Waals surface area (Å²) in [6.45, 7) is 0.467. The van der Waals surface area contributed by atoms with Gasteiger partial charge in [0.2, 0.25) is 0 Å². The lowest BCUT2D eigenvalue weighted by atomic mass is 10.3. The van der Waals surface area contributed by atoms with E-state index in [-0.39, 0.29) is 0 Å². The van der Waals surface area contributed by atoms with Gasteiger partial charge < -0.3 is 4.74 Å². The number of halogens is 1. The van der Waals surface area contributed by atoms with Crippen molar-refractivity contribution in [1.82, 2.24) is 4.90 Å². The average Bonchev–Trinajstić information content (AvgIpc) is 2.47. The molecule has 0 aromatic heterocycles. The molecule has 0 fully saturated rings. The van der Waals surface area contributed by atoms with Crippen LogP contribution in [0.1, 0.15) is 0 Å². The Kier molecular flexibility index (Phi) is 2.18. The number of ether oxygens (including phenoxy) is 1. The average molecular weight is 233 g/mol. The fraction of sp³-hybridized carbons (Fsp3) is 0.0833. The van der Waals surface area contributed by atoms with E-state index in [1.807, 2.05) is 35.4 Å². The van der Waals surface area contributed by atoms with E-state index < -0.39 is 0 Å². The molecule has 0 N–H and O–H groups in total. The lowest BCUT2D eigenvalue weighted by Gasteiger charge is -2.19. The smallest absolute Gasteiger partial charge is 0.166 e. The summed E-state index contributed by atoms with van der Waals surface area (Å²) < 4.78 is 5.64. The summed E-state index contributed by atoms with van der Waals surface area (Å²) in [5.41, 5.74) is 0.768. The molecule has 0 saturated heterocycles. The summed E-state index contributed by atoms with van der Waals surface area (Å²) in [4.78, 5) is 6.46. The van der Waals surface area contributed by atoms with E-state index in [1.54, 1.807) is 12.1 Å². The second kappa shape index (κ2) is 3.68. The minimum Gasteiger partial charge on any atom is -0.470 e. The fourth-order valence-corrected chi connectivity index (χ4v) is 1.81. The largest absolute Gasteiger partial charge is 0.470 e. The molecule has 2 heterocycles. The number of nitrogens with zero attached hydrogens (tertiary/aromatic N) is 2. The van der Waals surface area contributed by atoms with Crippen LogP contribution < -0.4 is 4.74 Å². The van der Waals surface area contributed by atoms with Crippen LogP contribution in [0, 0.1) is 0 Å². The van der Waals surface area contributed by atoms with Crippen LogP contribution in [0.15, 0.2) is 47.6 Å². The van der Waals surface area contributed by atoms with Crippen LogP contribution in [0.25, 0.3) is 0 Å². The fourth-order valence-electron chi connectivity index (χ4n) is 1.64. The molecular formula is C12H9ClN2O. The van der Waals surface area contributed by atoms with E-state index >= 15 is 0 Å². The molecule has 1 aromatic carbocycles. The molecule has 2 aliphatic rings. The molecule has 4 heteroatoms. The van der Waals surface area contributed by atoms with Crippen LogP contribution in [-0.4, -0.2) is 17.5 Å². The molecule has 3 nitrogen and oxygen atoms in total. The van der Waals surface area contributed by atoms with E-state index in [1.165, 1.54) is 0 Å². The number of aliphatic imine (C=N–C) groups is 1. The number of benzene rings is 1. The van der Waals surface area contributed by atoms with Gasteiger partial charge in [0.15, 0.2) is 6.73 Å².